The molecule has 2 aliphatic rings. The van der Waals surface area contributed by atoms with Crippen LogP contribution < -0.4 is 33.0 Å². The van der Waals surface area contributed by atoms with Crippen LogP contribution in [0.2, 0.25) is 5.15 Å². The number of ether oxygens (including phenoxy) is 6. The molecular formula is C97H108ClN17O15. The Morgan fingerprint density at radius 1 is 0.508 bits per heavy atom. The normalized spacial score (nSPS) is 14.4. The molecule has 2 aliphatic heterocycles. The molecule has 1 amide bonds. The predicted octanol–water partition coefficient (Wildman–Crippen LogP) is 15.7. The van der Waals surface area contributed by atoms with Crippen LogP contribution in [0.25, 0.3) is 72.1 Å². The second-order valence-corrected chi connectivity index (χ2v) is 32.4. The minimum atomic E-state index is -0.664. The number of esters is 3. The number of nitrogens with zero attached hydrogens (tertiary/aromatic N) is 14. The summed E-state index contributed by atoms with van der Waals surface area (Å²) >= 11 is 5.94. The second kappa shape index (κ2) is 45.9. The van der Waals surface area contributed by atoms with E-state index in [0.717, 1.165) is 44.4 Å². The summed E-state index contributed by atoms with van der Waals surface area (Å²) in [7, 11) is 4.01. The third-order valence-corrected chi connectivity index (χ3v) is 22.1. The molecule has 130 heavy (non-hydrogen) atoms. The van der Waals surface area contributed by atoms with Gasteiger partial charge < -0.3 is 44.8 Å². The molecule has 6 aromatic carbocycles. The van der Waals surface area contributed by atoms with Gasteiger partial charge in [0.25, 0.3) is 16.7 Å². The van der Waals surface area contributed by atoms with Gasteiger partial charge in [-0.25, -0.2) is 49.7 Å². The summed E-state index contributed by atoms with van der Waals surface area (Å²) in [5, 5.41) is 7.96. The molecule has 2 fully saturated rings. The number of benzene rings is 6. The summed E-state index contributed by atoms with van der Waals surface area (Å²) in [6.07, 6.45) is 16.9. The first-order valence-corrected chi connectivity index (χ1v) is 44.1. The first-order chi connectivity index (χ1) is 62.9. The molecule has 0 bridgehead atoms. The molecule has 32 nitrogen and oxygen atoms in total. The Labute approximate surface area is 756 Å². The highest BCUT2D eigenvalue weighted by Gasteiger charge is 2.30. The minimum Gasteiger partial charge on any atom is -0.469 e. The Morgan fingerprint density at radius 3 is 1.42 bits per heavy atom. The van der Waals surface area contributed by atoms with Crippen molar-refractivity contribution in [3.63, 3.8) is 0 Å². The molecule has 7 aromatic heterocycles. The first-order valence-electron chi connectivity index (χ1n) is 43.7. The predicted molar refractivity (Wildman–Crippen MR) is 494 cm³/mol. The van der Waals surface area contributed by atoms with Crippen LogP contribution in [0.1, 0.15) is 222 Å². The van der Waals surface area contributed by atoms with Gasteiger partial charge in [-0.1, -0.05) is 129 Å². The van der Waals surface area contributed by atoms with Crippen LogP contribution in [0.5, 0.6) is 0 Å². The second-order valence-electron chi connectivity index (χ2n) is 32.1. The summed E-state index contributed by atoms with van der Waals surface area (Å²) in [5.74, 6) is 6.98. The van der Waals surface area contributed by atoms with Gasteiger partial charge in [0.1, 0.15) is 65.3 Å². The van der Waals surface area contributed by atoms with Crippen molar-refractivity contribution in [2.75, 3.05) is 39.9 Å². The highest BCUT2D eigenvalue weighted by atomic mass is 35.5. The fraction of sp³-hybridized carbons (Fsp3) is 0.381. The maximum Gasteiger partial charge on any atom is 0.408 e. The Morgan fingerprint density at radius 2 is 0.946 bits per heavy atom. The van der Waals surface area contributed by atoms with E-state index >= 15 is 0 Å². The zero-order chi connectivity index (χ0) is 92.4. The quantitative estimate of drug-likeness (QED) is 0.0129. The number of alkyl carbamates (subject to hydrolysis) is 1. The molecule has 5 atom stereocenters. The number of nitrogens with two attached hydrogens (primary N) is 1. The third kappa shape index (κ3) is 24.0. The van der Waals surface area contributed by atoms with Gasteiger partial charge in [0, 0.05) is 70.1 Å². The zero-order valence-corrected chi connectivity index (χ0v) is 75.2. The Balaban J connectivity index is 0.000000165. The lowest BCUT2D eigenvalue weighted by Crippen LogP contribution is -2.37. The number of carbonyl (C=O) groups is 6. The fourth-order valence-corrected chi connectivity index (χ4v) is 15.5. The van der Waals surface area contributed by atoms with Crippen LogP contribution in [-0.4, -0.2) is 143 Å². The number of ketones is 2. The van der Waals surface area contributed by atoms with Crippen LogP contribution in [0, 0.1) is 11.8 Å². The van der Waals surface area contributed by atoms with Crippen molar-refractivity contribution in [1.29, 1.82) is 0 Å². The van der Waals surface area contributed by atoms with Crippen molar-refractivity contribution >= 4 is 108 Å². The van der Waals surface area contributed by atoms with Crippen LogP contribution >= 0.6 is 11.6 Å². The number of fused-ring (bicyclic) bond motifs is 5. The number of rotatable bonds is 29. The van der Waals surface area contributed by atoms with Gasteiger partial charge in [0.2, 0.25) is 0 Å². The maximum atomic E-state index is 14.4. The maximum absolute atomic E-state index is 14.4. The van der Waals surface area contributed by atoms with Crippen molar-refractivity contribution in [2.24, 2.45) is 5.73 Å². The number of methoxy groups -OCH3 is 3. The van der Waals surface area contributed by atoms with E-state index < -0.39 is 29.8 Å². The number of Topliss-reactive ketones (excluding diaryl/α,β-unsaturated/α-hetero) is 2. The molecule has 2 saturated heterocycles. The largest absolute Gasteiger partial charge is 0.469 e. The average Bonchev–Trinajstić information content (AvgIpc) is 1.10. The Bertz CT molecular complexity index is 6410. The van der Waals surface area contributed by atoms with Gasteiger partial charge in [-0.3, -0.25) is 61.2 Å². The van der Waals surface area contributed by atoms with Crippen molar-refractivity contribution in [2.45, 2.75) is 206 Å². The molecule has 15 rings (SSSR count). The molecule has 9 heterocycles. The molecule has 0 saturated carbocycles. The van der Waals surface area contributed by atoms with Gasteiger partial charge in [0.15, 0.2) is 27.8 Å². The summed E-state index contributed by atoms with van der Waals surface area (Å²) in [6.45, 7) is 12.7. The van der Waals surface area contributed by atoms with E-state index in [0.29, 0.717) is 163 Å². The van der Waals surface area contributed by atoms with E-state index in [2.05, 4.69) is 66.6 Å². The molecule has 13 aromatic rings. The van der Waals surface area contributed by atoms with E-state index in [1.165, 1.54) is 45.0 Å². The smallest absolute Gasteiger partial charge is 0.408 e. The van der Waals surface area contributed by atoms with E-state index in [1.54, 1.807) is 91.1 Å². The molecule has 4 N–H and O–H groups in total. The van der Waals surface area contributed by atoms with Crippen molar-refractivity contribution in [1.82, 2.24) is 73.0 Å². The molecule has 678 valence electrons. The summed E-state index contributed by atoms with van der Waals surface area (Å²) in [6, 6.07) is 42.5. The molecule has 0 aliphatic carbocycles. The van der Waals surface area contributed by atoms with E-state index in [1.807, 2.05) is 127 Å². The van der Waals surface area contributed by atoms with E-state index in [9.17, 15) is 43.2 Å². The summed E-state index contributed by atoms with van der Waals surface area (Å²) in [5.41, 5.74) is 12.7. The SMILES string of the molecule is CC[C@H](N)c1nc2cccc(CC(=O)CCCC(=O)OC)c2c(=O)n1-c1ccccc1.CC[C@H](NC(=O)OC(C)(C)C)c1nc2cccc(C#CCCCC(=O)OC)c2c(=O)n1-c1ccccc1.CC[C@H](Nc1ncnc2c1ncn2C1CCCCO1)c1nc2cccc(CC(=O)CCCC(=O)OC)c2c(=O)n1-c1ccccc1.Clc1ncnc2c1ncn2C1CCCCO1. The molecule has 33 heteroatoms. The number of unbranched alkanes of at least 4 members (excludes halogenated alkanes) is 1. The number of hydrogen-bond donors (Lipinski definition) is 3. The van der Waals surface area contributed by atoms with Gasteiger partial charge in [-0.15, -0.1) is 0 Å². The Hall–Kier alpha value is -13.6. The Kier molecular flexibility index (Phi) is 33.7. The molecule has 0 spiro atoms. The van der Waals surface area contributed by atoms with Crippen LogP contribution in [0.4, 0.5) is 10.6 Å². The highest BCUT2D eigenvalue weighted by molar-refractivity contribution is 6.33. The number of hydrogen-bond acceptors (Lipinski definition) is 26. The van der Waals surface area contributed by atoms with Crippen molar-refractivity contribution in [3.8, 4) is 28.9 Å². The molecular weight excluding hydrogens is 1680 g/mol. The topological polar surface area (TPSA) is 400 Å². The lowest BCUT2D eigenvalue weighted by Gasteiger charge is -2.24. The van der Waals surface area contributed by atoms with Crippen LogP contribution in [-0.2, 0) is 65.2 Å². The van der Waals surface area contributed by atoms with Gasteiger partial charge in [0.05, 0.1) is 102 Å². The standard InChI is InChI=1S/C34H37N7O5.C29H33N3O5.C24H27N3O4.C10H11ClN4O/c1-3-25(38-31-30-33(36-20-35-31)40(21-37-30)27-16-7-8-18-46-27)32-39-26-15-9-11-22(19-24(42)14-10-17-28(43)45-2)29(26)34(44)41(32)23-12-5-4-6-13-23;1-6-22(31-28(35)37-29(2,3)4)26-30-23-18-13-15-20(14-9-7-12-19-24(33)36-5)25(23)27(34)32(26)21-16-10-8-11-17-21;1-3-19(25)23-26-20-13-7-9-16(15-18(28)12-8-14-21(29)31-2)22(20)24(30)27(23)17-10-5-4-6-11-17;11-9-8-10(13-5-12-9)15(6-14-8)7-3-1-2-4-16-7/h4-6,9,11-13,15,20-21,25,27H,3,7-8,10,14,16-19H2,1-2H3,(H,35,36,38);8,10-11,13,15-18,22H,6-7,12,19H2,1-5H3,(H,31,35);4-7,9-11,13,19H,3,8,12,14-15,25H2,1-2H3;5-7H,1-4H2/t25-,27?;22-;19-;/m000./s1. The number of halogens is 1. The average molecular weight is 1790 g/mol. The van der Waals surface area contributed by atoms with Crippen molar-refractivity contribution < 1.29 is 57.2 Å². The van der Waals surface area contributed by atoms with Gasteiger partial charge in [-0.2, -0.15) is 0 Å². The number of carbonyl (C=O) groups excluding carboxylic acids is 6. The van der Waals surface area contributed by atoms with Gasteiger partial charge >= 0.3 is 24.0 Å². The van der Waals surface area contributed by atoms with Crippen LogP contribution in [0.15, 0.2) is 185 Å². The highest BCUT2D eigenvalue weighted by Crippen LogP contribution is 2.34. The number of imidazole rings is 2. The summed E-state index contributed by atoms with van der Waals surface area (Å²) in [4.78, 5) is 155. The number of para-hydroxylation sites is 3. The number of nitrogens with one attached hydrogen (secondary N) is 2. The molecule has 2 unspecified atom stereocenters. The number of anilines is 1. The lowest BCUT2D eigenvalue weighted by atomic mass is 10.0. The van der Waals surface area contributed by atoms with Crippen LogP contribution in [0.3, 0.4) is 0 Å². The molecule has 0 radical (unpaired) electrons. The van der Waals surface area contributed by atoms with E-state index in [4.69, 9.17) is 46.5 Å². The van der Waals surface area contributed by atoms with Crippen molar-refractivity contribution in [3.05, 3.63) is 241 Å². The third-order valence-electron chi connectivity index (χ3n) is 21.8. The van der Waals surface area contributed by atoms with Gasteiger partial charge in [-0.05, 0) is 170 Å². The lowest BCUT2D eigenvalue weighted by molar-refractivity contribution is -0.141. The monoisotopic (exact) mass is 1790 g/mol. The summed E-state index contributed by atoms with van der Waals surface area (Å²) < 4.78 is 39.6. The fourth-order valence-electron chi connectivity index (χ4n) is 15.3. The zero-order valence-electron chi connectivity index (χ0n) is 74.4. The first kappa shape index (κ1) is 95.5. The minimum absolute atomic E-state index is 0.0321. The number of aromatic nitrogens is 14. The van der Waals surface area contributed by atoms with E-state index in [-0.39, 0.29) is 104 Å². The number of amides is 1.